The summed E-state index contributed by atoms with van der Waals surface area (Å²) in [4.78, 5) is 25.8. The van der Waals surface area contributed by atoms with Crippen LogP contribution in [0.5, 0.6) is 0 Å². The second kappa shape index (κ2) is 4.76. The number of aromatic amines is 1. The first-order chi connectivity index (χ1) is 10.9. The average Bonchev–Trinajstić information content (AvgIpc) is 3.16. The van der Waals surface area contributed by atoms with Gasteiger partial charge in [-0.15, -0.1) is 0 Å². The average molecular weight is 324 g/mol. The summed E-state index contributed by atoms with van der Waals surface area (Å²) in [5.41, 5.74) is -2.63. The standard InChI is InChI=1S/C15H20N2O6/c1-8-6-17(13(21)16-11(8)20)12-9-10(19)15(7-18,23-12)14(22-9)4-2-3-5-14/h6,9-10,12,18-19H,2-5,7H2,1H3,(H,16,20,21)/t9?,10?,12-,15-/m1/s1. The lowest BCUT2D eigenvalue weighted by Gasteiger charge is -2.44. The van der Waals surface area contributed by atoms with Crippen molar-refractivity contribution < 1.29 is 19.7 Å². The molecular formula is C15H20N2O6. The first-order valence-corrected chi connectivity index (χ1v) is 7.91. The number of aliphatic hydroxyl groups excluding tert-OH is 2. The number of aromatic nitrogens is 2. The monoisotopic (exact) mass is 324 g/mol. The maximum atomic E-state index is 12.1. The number of hydrogen-bond donors (Lipinski definition) is 3. The van der Waals surface area contributed by atoms with Crippen molar-refractivity contribution in [1.82, 2.24) is 9.55 Å². The molecule has 1 saturated carbocycles. The van der Waals surface area contributed by atoms with Crippen molar-refractivity contribution in [3.05, 3.63) is 32.6 Å². The molecule has 4 atom stereocenters. The van der Waals surface area contributed by atoms with Gasteiger partial charge < -0.3 is 19.7 Å². The van der Waals surface area contributed by atoms with E-state index in [0.29, 0.717) is 18.4 Å². The summed E-state index contributed by atoms with van der Waals surface area (Å²) in [6.07, 6.45) is 2.10. The number of H-pyrrole nitrogens is 1. The second-order valence-corrected chi connectivity index (χ2v) is 6.76. The first-order valence-electron chi connectivity index (χ1n) is 7.91. The minimum absolute atomic E-state index is 0.360. The fourth-order valence-corrected chi connectivity index (χ4v) is 4.39. The number of nitrogens with zero attached hydrogens (tertiary/aromatic N) is 1. The summed E-state index contributed by atoms with van der Waals surface area (Å²) in [6, 6.07) is 0. The molecule has 2 saturated heterocycles. The van der Waals surface area contributed by atoms with Gasteiger partial charge in [0.1, 0.15) is 17.8 Å². The van der Waals surface area contributed by atoms with E-state index >= 15 is 0 Å². The van der Waals surface area contributed by atoms with Crippen LogP contribution < -0.4 is 11.2 Å². The van der Waals surface area contributed by atoms with E-state index < -0.39 is 40.9 Å². The topological polar surface area (TPSA) is 114 Å². The lowest BCUT2D eigenvalue weighted by Crippen LogP contribution is -2.59. The van der Waals surface area contributed by atoms with Gasteiger partial charge in [0.25, 0.3) is 5.56 Å². The number of ether oxygens (including phenoxy) is 2. The molecule has 0 amide bonds. The normalized spacial score (nSPS) is 37.8. The van der Waals surface area contributed by atoms with Gasteiger partial charge in [-0.1, -0.05) is 12.8 Å². The minimum Gasteiger partial charge on any atom is -0.393 e. The Labute approximate surface area is 131 Å². The number of nitrogens with one attached hydrogen (secondary N) is 1. The lowest BCUT2D eigenvalue weighted by molar-refractivity contribution is -0.268. The van der Waals surface area contributed by atoms with Crippen LogP contribution in [-0.2, 0) is 9.47 Å². The second-order valence-electron chi connectivity index (χ2n) is 6.76. The molecule has 3 aliphatic rings. The molecule has 0 radical (unpaired) electrons. The zero-order valence-corrected chi connectivity index (χ0v) is 12.8. The third-order valence-electron chi connectivity index (χ3n) is 5.60. The van der Waals surface area contributed by atoms with E-state index in [9.17, 15) is 19.8 Å². The van der Waals surface area contributed by atoms with Crippen molar-refractivity contribution in [3.8, 4) is 0 Å². The van der Waals surface area contributed by atoms with E-state index in [1.165, 1.54) is 10.8 Å². The number of rotatable bonds is 2. The van der Waals surface area contributed by atoms with E-state index in [1.807, 2.05) is 0 Å². The van der Waals surface area contributed by atoms with Crippen LogP contribution in [0, 0.1) is 6.92 Å². The summed E-state index contributed by atoms with van der Waals surface area (Å²) >= 11 is 0. The Bertz CT molecular complexity index is 749. The quantitative estimate of drug-likeness (QED) is 0.655. The Morgan fingerprint density at radius 3 is 2.70 bits per heavy atom. The number of aryl methyl sites for hydroxylation is 1. The van der Waals surface area contributed by atoms with Gasteiger partial charge in [0.05, 0.1) is 6.61 Å². The predicted molar refractivity (Wildman–Crippen MR) is 78.1 cm³/mol. The fourth-order valence-electron chi connectivity index (χ4n) is 4.39. The molecule has 2 aliphatic heterocycles. The van der Waals surface area contributed by atoms with Crippen LogP contribution in [0.15, 0.2) is 15.8 Å². The SMILES string of the molecule is Cc1cn([C@@H]2O[C@]3(CO)C(O)C2OC32CCCC2)c(=O)[nH]c1=O. The van der Waals surface area contributed by atoms with Gasteiger partial charge in [-0.25, -0.2) is 4.79 Å². The maximum absolute atomic E-state index is 12.1. The zero-order valence-electron chi connectivity index (χ0n) is 12.8. The van der Waals surface area contributed by atoms with E-state index in [2.05, 4.69) is 4.98 Å². The molecule has 2 unspecified atom stereocenters. The molecule has 8 nitrogen and oxygen atoms in total. The highest BCUT2D eigenvalue weighted by atomic mass is 16.7. The van der Waals surface area contributed by atoms with Crippen molar-refractivity contribution in [3.63, 3.8) is 0 Å². The molecule has 0 aromatic carbocycles. The summed E-state index contributed by atoms with van der Waals surface area (Å²) in [7, 11) is 0. The van der Waals surface area contributed by atoms with Crippen LogP contribution in [0.4, 0.5) is 0 Å². The largest absolute Gasteiger partial charge is 0.393 e. The summed E-state index contributed by atoms with van der Waals surface area (Å²) < 4.78 is 13.4. The number of fused-ring (bicyclic) bond motifs is 3. The van der Waals surface area contributed by atoms with Crippen molar-refractivity contribution in [1.29, 1.82) is 0 Å². The summed E-state index contributed by atoms with van der Waals surface area (Å²) in [6.45, 7) is 1.21. The van der Waals surface area contributed by atoms with Gasteiger partial charge in [-0.3, -0.25) is 14.3 Å². The van der Waals surface area contributed by atoms with Crippen LogP contribution in [-0.4, -0.2) is 49.8 Å². The number of hydrogen-bond acceptors (Lipinski definition) is 6. The van der Waals surface area contributed by atoms with Crippen molar-refractivity contribution >= 4 is 0 Å². The molecule has 3 fully saturated rings. The molecule has 1 aliphatic carbocycles. The lowest BCUT2D eigenvalue weighted by atomic mass is 9.80. The summed E-state index contributed by atoms with van der Waals surface area (Å²) in [5, 5.41) is 20.6. The Hall–Kier alpha value is -1.48. The van der Waals surface area contributed by atoms with Crippen molar-refractivity contribution in [2.45, 2.75) is 62.2 Å². The molecule has 23 heavy (non-hydrogen) atoms. The van der Waals surface area contributed by atoms with Gasteiger partial charge in [0.15, 0.2) is 11.8 Å². The molecule has 1 spiro atoms. The maximum Gasteiger partial charge on any atom is 0.330 e. The molecule has 3 N–H and O–H groups in total. The molecule has 3 heterocycles. The van der Waals surface area contributed by atoms with Crippen LogP contribution in [0.3, 0.4) is 0 Å². The van der Waals surface area contributed by atoms with E-state index in [-0.39, 0.29) is 6.61 Å². The summed E-state index contributed by atoms with van der Waals surface area (Å²) in [5.74, 6) is 0. The van der Waals surface area contributed by atoms with Gasteiger partial charge in [0.2, 0.25) is 0 Å². The predicted octanol–water partition coefficient (Wildman–Crippen LogP) is -0.823. The van der Waals surface area contributed by atoms with E-state index in [0.717, 1.165) is 12.8 Å². The molecule has 126 valence electrons. The molecule has 2 bridgehead atoms. The highest BCUT2D eigenvalue weighted by Gasteiger charge is 2.74. The van der Waals surface area contributed by atoms with Gasteiger partial charge >= 0.3 is 5.69 Å². The van der Waals surface area contributed by atoms with Crippen molar-refractivity contribution in [2.75, 3.05) is 6.61 Å². The van der Waals surface area contributed by atoms with Gasteiger partial charge in [-0.2, -0.15) is 0 Å². The Morgan fingerprint density at radius 2 is 2.04 bits per heavy atom. The zero-order chi connectivity index (χ0) is 16.4. The van der Waals surface area contributed by atoms with Crippen LogP contribution >= 0.6 is 0 Å². The van der Waals surface area contributed by atoms with Crippen LogP contribution in [0.25, 0.3) is 0 Å². The smallest absolute Gasteiger partial charge is 0.330 e. The molecular weight excluding hydrogens is 304 g/mol. The Kier molecular flexibility index (Phi) is 3.12. The highest BCUT2D eigenvalue weighted by Crippen LogP contribution is 2.59. The Balaban J connectivity index is 1.78. The minimum atomic E-state index is -1.22. The number of aliphatic hydroxyl groups is 2. The van der Waals surface area contributed by atoms with Crippen LogP contribution in [0.1, 0.15) is 37.5 Å². The van der Waals surface area contributed by atoms with Gasteiger partial charge in [-0.05, 0) is 19.8 Å². The molecule has 8 heteroatoms. The molecule has 1 aromatic rings. The third kappa shape index (κ3) is 1.74. The highest BCUT2D eigenvalue weighted by molar-refractivity contribution is 5.21. The fraction of sp³-hybridized carbons (Fsp3) is 0.733. The van der Waals surface area contributed by atoms with Crippen molar-refractivity contribution in [2.24, 2.45) is 0 Å². The molecule has 4 rings (SSSR count). The van der Waals surface area contributed by atoms with Gasteiger partial charge in [0, 0.05) is 11.8 Å². The van der Waals surface area contributed by atoms with E-state index in [4.69, 9.17) is 9.47 Å². The Morgan fingerprint density at radius 1 is 1.35 bits per heavy atom. The third-order valence-corrected chi connectivity index (χ3v) is 5.60. The van der Waals surface area contributed by atoms with E-state index in [1.54, 1.807) is 6.92 Å². The van der Waals surface area contributed by atoms with Crippen LogP contribution in [0.2, 0.25) is 0 Å². The first kappa shape index (κ1) is 15.1. The molecule has 1 aromatic heterocycles.